The third-order valence-corrected chi connectivity index (χ3v) is 4.95. The second-order valence-corrected chi connectivity index (χ2v) is 6.66. The molecule has 1 aliphatic heterocycles. The number of esters is 1. The third kappa shape index (κ3) is 2.66. The summed E-state index contributed by atoms with van der Waals surface area (Å²) < 4.78 is 34.0. The monoisotopic (exact) mass is 376 g/mol. The van der Waals surface area contributed by atoms with Gasteiger partial charge in [0.15, 0.2) is 0 Å². The molecule has 0 saturated carbocycles. The van der Waals surface area contributed by atoms with E-state index in [0.717, 1.165) is 28.6 Å². The normalized spacial score (nSPS) is 19.4. The minimum Gasteiger partial charge on any atom is -0.468 e. The first-order valence-corrected chi connectivity index (χ1v) is 8.45. The van der Waals surface area contributed by atoms with Crippen molar-refractivity contribution in [1.29, 1.82) is 0 Å². The average Bonchev–Trinajstić information content (AvgIpc) is 2.99. The van der Waals surface area contributed by atoms with Crippen LogP contribution in [0.1, 0.15) is 22.9 Å². The van der Waals surface area contributed by atoms with Crippen molar-refractivity contribution in [3.8, 4) is 0 Å². The molecule has 0 unspecified atom stereocenters. The predicted octanol–water partition coefficient (Wildman–Crippen LogP) is 3.88. The van der Waals surface area contributed by atoms with Gasteiger partial charge in [-0.1, -0.05) is 29.8 Å². The Morgan fingerprint density at radius 1 is 1.23 bits per heavy atom. The molecule has 7 heteroatoms. The van der Waals surface area contributed by atoms with Crippen molar-refractivity contribution in [3.05, 3.63) is 69.9 Å². The minimum atomic E-state index is -0.868. The van der Waals surface area contributed by atoms with Crippen molar-refractivity contribution >= 4 is 28.5 Å². The molecule has 2 N–H and O–H groups in total. The van der Waals surface area contributed by atoms with Crippen molar-refractivity contribution in [2.75, 3.05) is 7.11 Å². The van der Waals surface area contributed by atoms with Crippen LogP contribution in [-0.4, -0.2) is 24.1 Å². The fourth-order valence-electron chi connectivity index (χ4n) is 3.59. The number of methoxy groups -OCH3 is 1. The van der Waals surface area contributed by atoms with Crippen molar-refractivity contribution in [1.82, 2.24) is 10.3 Å². The SMILES string of the molecule is COC(=O)[C@@H]1Cc2c([nH]c3ccccc23)[C@H](c2c(F)cc(Cl)cc2F)N1. The largest absolute Gasteiger partial charge is 0.468 e. The summed E-state index contributed by atoms with van der Waals surface area (Å²) in [5.74, 6) is -2.04. The maximum Gasteiger partial charge on any atom is 0.323 e. The fraction of sp³-hybridized carbons (Fsp3) is 0.211. The van der Waals surface area contributed by atoms with Crippen molar-refractivity contribution in [2.45, 2.75) is 18.5 Å². The van der Waals surface area contributed by atoms with E-state index in [-0.39, 0.29) is 10.6 Å². The van der Waals surface area contributed by atoms with Crippen LogP contribution in [0, 0.1) is 11.6 Å². The Balaban J connectivity index is 1.93. The van der Waals surface area contributed by atoms with Crippen LogP contribution in [0.15, 0.2) is 36.4 Å². The Hall–Kier alpha value is -2.44. The molecule has 0 fully saturated rings. The number of aromatic nitrogens is 1. The van der Waals surface area contributed by atoms with Gasteiger partial charge in [0.2, 0.25) is 0 Å². The molecule has 0 spiro atoms. The molecule has 134 valence electrons. The Bertz CT molecular complexity index is 995. The summed E-state index contributed by atoms with van der Waals surface area (Å²) in [5.41, 5.74) is 2.13. The van der Waals surface area contributed by atoms with Gasteiger partial charge >= 0.3 is 5.97 Å². The second-order valence-electron chi connectivity index (χ2n) is 6.23. The Morgan fingerprint density at radius 3 is 2.62 bits per heavy atom. The maximum atomic E-state index is 14.6. The zero-order valence-corrected chi connectivity index (χ0v) is 14.5. The van der Waals surface area contributed by atoms with Crippen molar-refractivity contribution < 1.29 is 18.3 Å². The topological polar surface area (TPSA) is 54.1 Å². The van der Waals surface area contributed by atoms with Crippen LogP contribution in [0.4, 0.5) is 8.78 Å². The second kappa shape index (κ2) is 6.37. The number of nitrogens with one attached hydrogen (secondary N) is 2. The van der Waals surface area contributed by atoms with Gasteiger partial charge in [0.05, 0.1) is 13.2 Å². The molecule has 0 radical (unpaired) electrons. The summed E-state index contributed by atoms with van der Waals surface area (Å²) in [6.45, 7) is 0. The molecule has 1 aromatic heterocycles. The van der Waals surface area contributed by atoms with E-state index in [4.69, 9.17) is 16.3 Å². The van der Waals surface area contributed by atoms with Gasteiger partial charge in [0, 0.05) is 33.6 Å². The quantitative estimate of drug-likeness (QED) is 0.667. The number of hydrogen-bond acceptors (Lipinski definition) is 3. The zero-order chi connectivity index (χ0) is 18.4. The number of hydrogen-bond donors (Lipinski definition) is 2. The highest BCUT2D eigenvalue weighted by Gasteiger charge is 2.37. The molecule has 26 heavy (non-hydrogen) atoms. The smallest absolute Gasteiger partial charge is 0.323 e. The van der Waals surface area contributed by atoms with Gasteiger partial charge < -0.3 is 9.72 Å². The molecule has 0 saturated heterocycles. The van der Waals surface area contributed by atoms with Gasteiger partial charge in [-0.25, -0.2) is 8.78 Å². The number of H-pyrrole nitrogens is 1. The molecule has 2 atom stereocenters. The first kappa shape index (κ1) is 17.0. The van der Waals surface area contributed by atoms with Crippen LogP contribution < -0.4 is 5.32 Å². The summed E-state index contributed by atoms with van der Waals surface area (Å²) in [4.78, 5) is 15.4. The molecule has 0 bridgehead atoms. The van der Waals surface area contributed by atoms with Gasteiger partial charge in [0.1, 0.15) is 17.7 Å². The van der Waals surface area contributed by atoms with Crippen LogP contribution in [-0.2, 0) is 16.0 Å². The van der Waals surface area contributed by atoms with E-state index in [1.54, 1.807) is 0 Å². The highest BCUT2D eigenvalue weighted by atomic mass is 35.5. The lowest BCUT2D eigenvalue weighted by Gasteiger charge is -2.30. The van der Waals surface area contributed by atoms with Gasteiger partial charge in [-0.2, -0.15) is 0 Å². The third-order valence-electron chi connectivity index (χ3n) is 4.73. The molecular weight excluding hydrogens is 362 g/mol. The van der Waals surface area contributed by atoms with E-state index >= 15 is 0 Å². The zero-order valence-electron chi connectivity index (χ0n) is 13.8. The number of aromatic amines is 1. The van der Waals surface area contributed by atoms with E-state index in [2.05, 4.69) is 10.3 Å². The van der Waals surface area contributed by atoms with Crippen molar-refractivity contribution in [2.24, 2.45) is 0 Å². The van der Waals surface area contributed by atoms with Gasteiger partial charge in [-0.15, -0.1) is 0 Å². The number of carbonyl (C=O) groups is 1. The summed E-state index contributed by atoms with van der Waals surface area (Å²) in [6.07, 6.45) is 0.360. The Kier molecular flexibility index (Phi) is 4.17. The Labute approximate surface area is 153 Å². The van der Waals surface area contributed by atoms with E-state index in [1.807, 2.05) is 24.3 Å². The molecule has 2 aromatic carbocycles. The summed E-state index contributed by atoms with van der Waals surface area (Å²) in [6, 6.07) is 8.08. The fourth-order valence-corrected chi connectivity index (χ4v) is 3.78. The Morgan fingerprint density at radius 2 is 1.92 bits per heavy atom. The molecular formula is C19H15ClF2N2O2. The van der Waals surface area contributed by atoms with Crippen LogP contribution in [0.25, 0.3) is 10.9 Å². The van der Waals surface area contributed by atoms with Gasteiger partial charge in [-0.3, -0.25) is 10.1 Å². The summed E-state index contributed by atoms with van der Waals surface area (Å²) >= 11 is 5.74. The minimum absolute atomic E-state index is 0.0269. The maximum absolute atomic E-state index is 14.6. The van der Waals surface area contributed by atoms with Crippen LogP contribution >= 0.6 is 11.6 Å². The van der Waals surface area contributed by atoms with Crippen molar-refractivity contribution in [3.63, 3.8) is 0 Å². The van der Waals surface area contributed by atoms with E-state index in [1.165, 1.54) is 7.11 Å². The highest BCUT2D eigenvalue weighted by Crippen LogP contribution is 2.37. The first-order valence-electron chi connectivity index (χ1n) is 8.07. The number of carbonyl (C=O) groups excluding carboxylic acids is 1. The molecule has 1 aliphatic rings. The lowest BCUT2D eigenvalue weighted by molar-refractivity contribution is -0.143. The lowest BCUT2D eigenvalue weighted by Crippen LogP contribution is -2.46. The van der Waals surface area contributed by atoms with Crippen LogP contribution in [0.5, 0.6) is 0 Å². The summed E-state index contributed by atoms with van der Waals surface area (Å²) in [7, 11) is 1.28. The number of benzene rings is 2. The average molecular weight is 377 g/mol. The number of halogens is 3. The highest BCUT2D eigenvalue weighted by molar-refractivity contribution is 6.30. The molecule has 4 rings (SSSR count). The molecule has 2 heterocycles. The van der Waals surface area contributed by atoms with Gasteiger partial charge in [0.25, 0.3) is 0 Å². The van der Waals surface area contributed by atoms with Crippen LogP contribution in [0.3, 0.4) is 0 Å². The molecule has 3 aromatic rings. The number of para-hydroxylation sites is 1. The predicted molar refractivity (Wildman–Crippen MR) is 94.2 cm³/mol. The molecule has 0 amide bonds. The van der Waals surface area contributed by atoms with Crippen LogP contribution in [0.2, 0.25) is 5.02 Å². The van der Waals surface area contributed by atoms with Gasteiger partial charge in [-0.05, 0) is 23.8 Å². The summed E-state index contributed by atoms with van der Waals surface area (Å²) in [5, 5.41) is 3.90. The lowest BCUT2D eigenvalue weighted by atomic mass is 9.90. The number of fused-ring (bicyclic) bond motifs is 3. The van der Waals surface area contributed by atoms with E-state index in [0.29, 0.717) is 12.1 Å². The number of ether oxygens (including phenoxy) is 1. The van der Waals surface area contributed by atoms with E-state index < -0.39 is 29.7 Å². The number of rotatable bonds is 2. The molecule has 4 nitrogen and oxygen atoms in total. The van der Waals surface area contributed by atoms with E-state index in [9.17, 15) is 13.6 Å². The standard InChI is InChI=1S/C19H15ClF2N2O2/c1-26-19(25)15-8-11-10-4-2-3-5-14(10)23-17(11)18(24-15)16-12(21)6-9(20)7-13(16)22/h2-7,15,18,23-24H,8H2,1H3/t15-,18-/m0/s1. The molecule has 0 aliphatic carbocycles. The first-order chi connectivity index (χ1) is 12.5.